The first-order valence-electron chi connectivity index (χ1n) is 14.4. The fourth-order valence-corrected chi connectivity index (χ4v) is 7.59. The summed E-state index contributed by atoms with van der Waals surface area (Å²) in [5, 5.41) is 7.54. The maximum absolute atomic E-state index is 4.86. The average Bonchev–Trinajstić information content (AvgIpc) is 3.55. The summed E-state index contributed by atoms with van der Waals surface area (Å²) < 4.78 is 0. The molecule has 2 heterocycles. The van der Waals surface area contributed by atoms with E-state index in [9.17, 15) is 0 Å². The highest BCUT2D eigenvalue weighted by Gasteiger charge is 2.30. The molecule has 2 aliphatic rings. The van der Waals surface area contributed by atoms with Crippen molar-refractivity contribution < 1.29 is 0 Å². The van der Waals surface area contributed by atoms with E-state index in [0.717, 1.165) is 11.4 Å². The predicted octanol–water partition coefficient (Wildman–Crippen LogP) is 10.6. The Morgan fingerprint density at radius 1 is 0.310 bits per heavy atom. The Morgan fingerprint density at radius 3 is 1.14 bits per heavy atom. The van der Waals surface area contributed by atoms with Crippen molar-refractivity contribution in [2.75, 3.05) is 0 Å². The number of hydrogen-bond acceptors (Lipinski definition) is 2. The van der Waals surface area contributed by atoms with E-state index in [4.69, 9.17) is 9.97 Å². The van der Waals surface area contributed by atoms with Gasteiger partial charge in [-0.15, -0.1) is 0 Å². The van der Waals surface area contributed by atoms with E-state index in [2.05, 4.69) is 109 Å². The number of aromatic nitrogens is 2. The summed E-state index contributed by atoms with van der Waals surface area (Å²) >= 11 is 0. The van der Waals surface area contributed by atoms with E-state index in [0.29, 0.717) is 0 Å². The molecular weight excluding hydrogens is 508 g/mol. The summed E-state index contributed by atoms with van der Waals surface area (Å²) in [5.41, 5.74) is 14.9. The Balaban J connectivity index is 1.38. The van der Waals surface area contributed by atoms with E-state index in [1.54, 1.807) is 0 Å². The van der Waals surface area contributed by atoms with Crippen LogP contribution in [-0.4, -0.2) is 9.97 Å². The van der Waals surface area contributed by atoms with Gasteiger partial charge in [-0.05, 0) is 113 Å². The molecule has 0 spiro atoms. The van der Waals surface area contributed by atoms with Crippen molar-refractivity contribution in [3.8, 4) is 67.0 Å². The molecule has 0 amide bonds. The Bertz CT molecular complexity index is 2270. The van der Waals surface area contributed by atoms with Gasteiger partial charge < -0.3 is 0 Å². The van der Waals surface area contributed by atoms with Gasteiger partial charge in [0.25, 0.3) is 0 Å². The van der Waals surface area contributed by atoms with E-state index < -0.39 is 0 Å². The molecular formula is C40H22N2. The SMILES string of the molecule is c1ccc(-c2c3ccccc3c(-c3ccccn3)c3cc4c(cc23)-c2ccc3c5c(ccc-4c25)-c2ccccc2-3)nc1. The van der Waals surface area contributed by atoms with Crippen LogP contribution in [0.25, 0.3) is 99.3 Å². The molecule has 0 radical (unpaired) electrons. The van der Waals surface area contributed by atoms with Crippen LogP contribution in [-0.2, 0) is 0 Å². The van der Waals surface area contributed by atoms with Gasteiger partial charge in [0.15, 0.2) is 0 Å². The van der Waals surface area contributed by atoms with Crippen LogP contribution >= 0.6 is 0 Å². The van der Waals surface area contributed by atoms with E-state index in [1.165, 1.54) is 88.0 Å². The molecule has 0 N–H and O–H groups in total. The highest BCUT2D eigenvalue weighted by Crippen LogP contribution is 2.57. The van der Waals surface area contributed by atoms with Crippen LogP contribution in [0.4, 0.5) is 0 Å². The molecule has 10 rings (SSSR count). The van der Waals surface area contributed by atoms with Gasteiger partial charge in [0.2, 0.25) is 0 Å². The molecule has 8 aromatic rings. The van der Waals surface area contributed by atoms with Crippen LogP contribution in [0, 0.1) is 0 Å². The fraction of sp³-hybridized carbons (Fsp3) is 0. The van der Waals surface area contributed by atoms with Crippen molar-refractivity contribution in [1.82, 2.24) is 9.97 Å². The lowest BCUT2D eigenvalue weighted by molar-refractivity contribution is 1.33. The fourth-order valence-electron chi connectivity index (χ4n) is 7.59. The first-order valence-corrected chi connectivity index (χ1v) is 14.4. The molecule has 0 atom stereocenters. The van der Waals surface area contributed by atoms with Crippen LogP contribution in [0.3, 0.4) is 0 Å². The summed E-state index contributed by atoms with van der Waals surface area (Å²) in [4.78, 5) is 9.72. The third-order valence-electron chi connectivity index (χ3n) is 9.25. The molecule has 2 nitrogen and oxygen atoms in total. The van der Waals surface area contributed by atoms with Crippen molar-refractivity contribution in [2.24, 2.45) is 0 Å². The molecule has 0 saturated heterocycles. The maximum Gasteiger partial charge on any atom is 0.0714 e. The molecule has 42 heavy (non-hydrogen) atoms. The average molecular weight is 531 g/mol. The second kappa shape index (κ2) is 7.99. The molecule has 2 heteroatoms. The van der Waals surface area contributed by atoms with Gasteiger partial charge in [-0.3, -0.25) is 9.97 Å². The van der Waals surface area contributed by atoms with E-state index >= 15 is 0 Å². The van der Waals surface area contributed by atoms with Crippen molar-refractivity contribution in [3.05, 3.63) is 134 Å². The van der Waals surface area contributed by atoms with Crippen LogP contribution in [0.15, 0.2) is 134 Å². The number of pyridine rings is 2. The van der Waals surface area contributed by atoms with Gasteiger partial charge in [0.1, 0.15) is 0 Å². The molecule has 2 aromatic heterocycles. The van der Waals surface area contributed by atoms with Crippen molar-refractivity contribution >= 4 is 32.3 Å². The first-order chi connectivity index (χ1) is 20.9. The number of hydrogen-bond donors (Lipinski definition) is 0. The van der Waals surface area contributed by atoms with Crippen LogP contribution < -0.4 is 0 Å². The number of fused-ring (bicyclic) bond motifs is 8. The number of benzene rings is 6. The summed E-state index contributed by atoms with van der Waals surface area (Å²) in [6.45, 7) is 0. The summed E-state index contributed by atoms with van der Waals surface area (Å²) in [7, 11) is 0. The highest BCUT2D eigenvalue weighted by atomic mass is 14.7. The summed E-state index contributed by atoms with van der Waals surface area (Å²) in [6, 6.07) is 44.1. The quantitative estimate of drug-likeness (QED) is 0.208. The molecule has 0 saturated carbocycles. The second-order valence-corrected chi connectivity index (χ2v) is 11.3. The van der Waals surface area contributed by atoms with Crippen LogP contribution in [0.5, 0.6) is 0 Å². The first kappa shape index (κ1) is 22.1. The minimum atomic E-state index is 0.984. The number of rotatable bonds is 2. The zero-order valence-corrected chi connectivity index (χ0v) is 22.6. The molecule has 192 valence electrons. The lowest BCUT2D eigenvalue weighted by Crippen LogP contribution is -1.94. The molecule has 0 unspecified atom stereocenters. The van der Waals surface area contributed by atoms with Gasteiger partial charge in [0.05, 0.1) is 11.4 Å². The van der Waals surface area contributed by atoms with E-state index in [-0.39, 0.29) is 0 Å². The topological polar surface area (TPSA) is 25.8 Å². The normalized spacial score (nSPS) is 12.3. The van der Waals surface area contributed by atoms with Crippen molar-refractivity contribution in [3.63, 3.8) is 0 Å². The Morgan fingerprint density at radius 2 is 0.714 bits per heavy atom. The van der Waals surface area contributed by atoms with Crippen molar-refractivity contribution in [1.29, 1.82) is 0 Å². The van der Waals surface area contributed by atoms with Crippen LogP contribution in [0.2, 0.25) is 0 Å². The highest BCUT2D eigenvalue weighted by molar-refractivity contribution is 6.29. The Hall–Kier alpha value is -5.60. The largest absolute Gasteiger partial charge is 0.256 e. The van der Waals surface area contributed by atoms with E-state index in [1.807, 2.05) is 24.5 Å². The minimum absolute atomic E-state index is 0.984. The molecule has 2 aliphatic carbocycles. The lowest BCUT2D eigenvalue weighted by Gasteiger charge is -2.18. The van der Waals surface area contributed by atoms with Crippen molar-refractivity contribution in [2.45, 2.75) is 0 Å². The Labute approximate surface area is 242 Å². The standard InChI is InChI=1S/C40H22N2/c1-2-10-24-23(9-1)27-15-17-29-31-21-33-34(22-32(31)30-18-16-28(24)39(27)40(29)30)38(36-14-6-8-20-42-36)26-12-4-3-11-25(26)37(33)35-13-5-7-19-41-35/h1-22H. The van der Waals surface area contributed by atoms with Gasteiger partial charge >= 0.3 is 0 Å². The maximum atomic E-state index is 4.86. The molecule has 0 aliphatic heterocycles. The monoisotopic (exact) mass is 530 g/mol. The number of nitrogens with zero attached hydrogens (tertiary/aromatic N) is 2. The van der Waals surface area contributed by atoms with Gasteiger partial charge in [0, 0.05) is 23.5 Å². The predicted molar refractivity (Wildman–Crippen MR) is 174 cm³/mol. The Kier molecular flexibility index (Phi) is 4.21. The zero-order valence-electron chi connectivity index (χ0n) is 22.6. The minimum Gasteiger partial charge on any atom is -0.256 e. The van der Waals surface area contributed by atoms with Gasteiger partial charge in [-0.25, -0.2) is 0 Å². The van der Waals surface area contributed by atoms with Crippen LogP contribution in [0.1, 0.15) is 0 Å². The molecule has 0 bridgehead atoms. The smallest absolute Gasteiger partial charge is 0.0714 e. The van der Waals surface area contributed by atoms with Gasteiger partial charge in [-0.1, -0.05) is 84.9 Å². The summed E-state index contributed by atoms with van der Waals surface area (Å²) in [5.74, 6) is 0. The summed E-state index contributed by atoms with van der Waals surface area (Å²) in [6.07, 6.45) is 3.78. The van der Waals surface area contributed by atoms with Gasteiger partial charge in [-0.2, -0.15) is 0 Å². The second-order valence-electron chi connectivity index (χ2n) is 11.3. The molecule has 6 aromatic carbocycles. The zero-order chi connectivity index (χ0) is 27.4. The third-order valence-corrected chi connectivity index (χ3v) is 9.25. The third kappa shape index (κ3) is 2.74. The molecule has 0 fully saturated rings. The lowest BCUT2D eigenvalue weighted by atomic mass is 9.86.